The second-order valence-corrected chi connectivity index (χ2v) is 6.09. The van der Waals surface area contributed by atoms with Crippen LogP contribution in [-0.2, 0) is 5.54 Å². The fourth-order valence-electron chi connectivity index (χ4n) is 2.88. The Labute approximate surface area is 125 Å². The third-order valence-electron chi connectivity index (χ3n) is 3.68. The van der Waals surface area contributed by atoms with E-state index < -0.39 is 5.54 Å². The van der Waals surface area contributed by atoms with Gasteiger partial charge in [-0.25, -0.2) is 0 Å². The van der Waals surface area contributed by atoms with Gasteiger partial charge < -0.3 is 5.32 Å². The smallest absolute Gasteiger partial charge is 0.122 e. The predicted molar refractivity (Wildman–Crippen MR) is 86.6 cm³/mol. The van der Waals surface area contributed by atoms with Crippen molar-refractivity contribution in [3.8, 4) is 0 Å². The average Bonchev–Trinajstić information content (AvgIpc) is 2.71. The van der Waals surface area contributed by atoms with E-state index in [1.165, 1.54) is 0 Å². The van der Waals surface area contributed by atoms with Gasteiger partial charge in [0.15, 0.2) is 0 Å². The summed E-state index contributed by atoms with van der Waals surface area (Å²) in [5.74, 6) is 0. The summed E-state index contributed by atoms with van der Waals surface area (Å²) in [4.78, 5) is 0.819. The van der Waals surface area contributed by atoms with Gasteiger partial charge in [-0.1, -0.05) is 72.9 Å². The van der Waals surface area contributed by atoms with Gasteiger partial charge in [0.2, 0.25) is 0 Å². The molecular formula is C17H18N2S. The molecule has 0 aliphatic carbocycles. The molecule has 0 unspecified atom stereocenters. The minimum atomic E-state index is -0.457. The average molecular weight is 282 g/mol. The van der Waals surface area contributed by atoms with Crippen molar-refractivity contribution in [2.45, 2.75) is 25.0 Å². The van der Waals surface area contributed by atoms with Crippen LogP contribution in [0, 0.1) is 0 Å². The minimum Gasteiger partial charge on any atom is -0.360 e. The largest absolute Gasteiger partial charge is 0.360 e. The molecule has 0 amide bonds. The maximum absolute atomic E-state index is 5.69. The van der Waals surface area contributed by atoms with Crippen molar-refractivity contribution in [2.75, 3.05) is 0 Å². The fourth-order valence-corrected chi connectivity index (χ4v) is 3.43. The normalized spacial score (nSPS) is 19.6. The van der Waals surface area contributed by atoms with E-state index in [9.17, 15) is 0 Å². The molecule has 1 heterocycles. The van der Waals surface area contributed by atoms with Gasteiger partial charge in [0.05, 0.1) is 5.66 Å². The molecule has 20 heavy (non-hydrogen) atoms. The second-order valence-electron chi connectivity index (χ2n) is 5.69. The van der Waals surface area contributed by atoms with Crippen molar-refractivity contribution >= 4 is 17.2 Å². The predicted octanol–water partition coefficient (Wildman–Crippen LogP) is 3.19. The van der Waals surface area contributed by atoms with E-state index in [2.05, 4.69) is 73.0 Å². The van der Waals surface area contributed by atoms with Crippen LogP contribution in [0.2, 0.25) is 0 Å². The number of hydrogen-bond acceptors (Lipinski definition) is 2. The van der Waals surface area contributed by atoms with Crippen LogP contribution < -0.4 is 10.6 Å². The van der Waals surface area contributed by atoms with E-state index in [4.69, 9.17) is 12.2 Å². The monoisotopic (exact) mass is 282 g/mol. The molecule has 102 valence electrons. The number of thiocarbonyl (C=S) groups is 1. The number of rotatable bonds is 2. The van der Waals surface area contributed by atoms with Crippen molar-refractivity contribution in [3.63, 3.8) is 0 Å². The van der Waals surface area contributed by atoms with Crippen LogP contribution in [0.25, 0.3) is 0 Å². The molecule has 1 aliphatic rings. The first-order valence-corrected chi connectivity index (χ1v) is 7.18. The van der Waals surface area contributed by atoms with Crippen molar-refractivity contribution in [3.05, 3.63) is 71.8 Å². The Bertz CT molecular complexity index is 580. The van der Waals surface area contributed by atoms with E-state index >= 15 is 0 Å². The van der Waals surface area contributed by atoms with Crippen LogP contribution in [0.1, 0.15) is 25.0 Å². The summed E-state index contributed by atoms with van der Waals surface area (Å²) in [7, 11) is 0. The molecule has 1 aliphatic heterocycles. The summed E-state index contributed by atoms with van der Waals surface area (Å²) in [6.07, 6.45) is 0. The van der Waals surface area contributed by atoms with E-state index in [0.29, 0.717) is 0 Å². The molecule has 1 fully saturated rings. The van der Waals surface area contributed by atoms with Gasteiger partial charge >= 0.3 is 0 Å². The van der Waals surface area contributed by atoms with E-state index in [1.807, 2.05) is 12.1 Å². The van der Waals surface area contributed by atoms with Crippen molar-refractivity contribution < 1.29 is 0 Å². The third-order valence-corrected chi connectivity index (χ3v) is 4.09. The quantitative estimate of drug-likeness (QED) is 0.827. The first kappa shape index (κ1) is 13.3. The molecular weight excluding hydrogens is 264 g/mol. The molecule has 0 saturated carbocycles. The zero-order valence-corrected chi connectivity index (χ0v) is 12.5. The lowest BCUT2D eigenvalue weighted by Crippen LogP contribution is -2.49. The summed E-state index contributed by atoms with van der Waals surface area (Å²) >= 11 is 5.69. The van der Waals surface area contributed by atoms with Crippen LogP contribution in [-0.4, -0.2) is 10.7 Å². The Hall–Kier alpha value is -1.71. The Morgan fingerprint density at radius 1 is 0.800 bits per heavy atom. The van der Waals surface area contributed by atoms with E-state index in [0.717, 1.165) is 16.1 Å². The van der Waals surface area contributed by atoms with Gasteiger partial charge in [-0.3, -0.25) is 5.32 Å². The highest BCUT2D eigenvalue weighted by molar-refractivity contribution is 7.80. The van der Waals surface area contributed by atoms with E-state index in [-0.39, 0.29) is 5.66 Å². The van der Waals surface area contributed by atoms with Gasteiger partial charge in [0, 0.05) is 0 Å². The highest BCUT2D eigenvalue weighted by Gasteiger charge is 2.49. The molecule has 0 bridgehead atoms. The van der Waals surface area contributed by atoms with Crippen LogP contribution in [0.15, 0.2) is 60.7 Å². The van der Waals surface area contributed by atoms with Crippen molar-refractivity contribution in [1.29, 1.82) is 0 Å². The van der Waals surface area contributed by atoms with Gasteiger partial charge in [0.1, 0.15) is 10.5 Å². The minimum absolute atomic E-state index is 0.233. The first-order valence-electron chi connectivity index (χ1n) is 6.78. The lowest BCUT2D eigenvalue weighted by atomic mass is 9.83. The van der Waals surface area contributed by atoms with Crippen LogP contribution in [0.5, 0.6) is 0 Å². The molecule has 3 heteroatoms. The van der Waals surface area contributed by atoms with Gasteiger partial charge in [-0.2, -0.15) is 0 Å². The first-order chi connectivity index (χ1) is 9.55. The molecule has 0 atom stereocenters. The molecule has 3 rings (SSSR count). The van der Waals surface area contributed by atoms with E-state index in [1.54, 1.807) is 0 Å². The molecule has 2 aromatic rings. The Kier molecular flexibility index (Phi) is 3.11. The molecule has 1 saturated heterocycles. The van der Waals surface area contributed by atoms with Gasteiger partial charge in [0.25, 0.3) is 0 Å². The van der Waals surface area contributed by atoms with Gasteiger partial charge in [-0.05, 0) is 25.0 Å². The number of benzene rings is 2. The molecule has 0 spiro atoms. The summed E-state index contributed by atoms with van der Waals surface area (Å²) in [6, 6.07) is 20.7. The topological polar surface area (TPSA) is 24.1 Å². The summed E-state index contributed by atoms with van der Waals surface area (Å²) in [5.41, 5.74) is 1.63. The zero-order valence-electron chi connectivity index (χ0n) is 11.7. The maximum atomic E-state index is 5.69. The van der Waals surface area contributed by atoms with Crippen LogP contribution in [0.3, 0.4) is 0 Å². The lowest BCUT2D eigenvalue weighted by molar-refractivity contribution is 0.362. The SMILES string of the molecule is CC1(C)NC(=S)C(c2ccccc2)(c2ccccc2)N1. The van der Waals surface area contributed by atoms with Crippen LogP contribution in [0.4, 0.5) is 0 Å². The van der Waals surface area contributed by atoms with Gasteiger partial charge in [-0.15, -0.1) is 0 Å². The standard InChI is InChI=1S/C17H18N2S/c1-16(2)18-15(20)17(19-16,13-9-5-3-6-10-13)14-11-7-4-8-12-14/h3-12,19H,1-2H3,(H,18,20). The third kappa shape index (κ3) is 2.03. The maximum Gasteiger partial charge on any atom is 0.122 e. The summed E-state index contributed by atoms with van der Waals surface area (Å²) in [5, 5.41) is 7.08. The van der Waals surface area contributed by atoms with Crippen molar-refractivity contribution in [2.24, 2.45) is 0 Å². The molecule has 2 nitrogen and oxygen atoms in total. The second kappa shape index (κ2) is 4.69. The summed E-state index contributed by atoms with van der Waals surface area (Å²) < 4.78 is 0. The lowest BCUT2D eigenvalue weighted by Gasteiger charge is -2.32. The zero-order chi connectivity index (χ0) is 14.2. The molecule has 2 aromatic carbocycles. The number of hydrogen-bond donors (Lipinski definition) is 2. The van der Waals surface area contributed by atoms with Crippen molar-refractivity contribution in [1.82, 2.24) is 10.6 Å². The Balaban J connectivity index is 2.22. The number of nitrogens with one attached hydrogen (secondary N) is 2. The molecule has 0 radical (unpaired) electrons. The highest BCUT2D eigenvalue weighted by Crippen LogP contribution is 2.36. The molecule has 0 aromatic heterocycles. The van der Waals surface area contributed by atoms with Crippen LogP contribution >= 0.6 is 12.2 Å². The fraction of sp³-hybridized carbons (Fsp3) is 0.235. The Morgan fingerprint density at radius 2 is 1.25 bits per heavy atom. The summed E-state index contributed by atoms with van der Waals surface area (Å²) in [6.45, 7) is 4.21. The Morgan fingerprint density at radius 3 is 1.60 bits per heavy atom. The molecule has 2 N–H and O–H groups in total. The highest BCUT2D eigenvalue weighted by atomic mass is 32.1.